The van der Waals surface area contributed by atoms with Crippen LogP contribution in [0.4, 0.5) is 5.69 Å². The Morgan fingerprint density at radius 1 is 1.00 bits per heavy atom. The Bertz CT molecular complexity index is 1300. The highest BCUT2D eigenvalue weighted by Gasteiger charge is 2.08. The Hall–Kier alpha value is -3.63. The Morgan fingerprint density at radius 2 is 1.85 bits per heavy atom. The summed E-state index contributed by atoms with van der Waals surface area (Å²) in [4.78, 5) is 16.6. The van der Waals surface area contributed by atoms with E-state index >= 15 is 0 Å². The summed E-state index contributed by atoms with van der Waals surface area (Å²) in [5.41, 5.74) is 4.70. The standard InChI is InChI=1S/C28H25ClN2O2/c1-2-6-28(32)33-27-10-4-3-8-22(27)19-30-25-9-5-7-20(17-25)11-15-24-16-13-21-12-14-23(29)18-26(21)31-24/h3-5,7-18,30H,2,6,19H2,1H3. The van der Waals surface area contributed by atoms with Gasteiger partial charge in [0.1, 0.15) is 5.75 Å². The highest BCUT2D eigenvalue weighted by Crippen LogP contribution is 2.22. The number of hydrogen-bond acceptors (Lipinski definition) is 4. The number of fused-ring (bicyclic) bond motifs is 1. The Morgan fingerprint density at radius 3 is 2.73 bits per heavy atom. The first kappa shape index (κ1) is 22.6. The zero-order valence-corrected chi connectivity index (χ0v) is 19.2. The number of para-hydroxylation sites is 1. The summed E-state index contributed by atoms with van der Waals surface area (Å²) >= 11 is 6.09. The van der Waals surface area contributed by atoms with Crippen LogP contribution in [0.3, 0.4) is 0 Å². The van der Waals surface area contributed by atoms with Crippen molar-refractivity contribution in [1.82, 2.24) is 4.98 Å². The lowest BCUT2D eigenvalue weighted by atomic mass is 10.1. The van der Waals surface area contributed by atoms with Gasteiger partial charge in [-0.3, -0.25) is 4.79 Å². The van der Waals surface area contributed by atoms with Crippen LogP contribution in [0.1, 0.15) is 36.6 Å². The Kier molecular flexibility index (Phi) is 7.38. The second-order valence-corrected chi connectivity index (χ2v) is 8.15. The van der Waals surface area contributed by atoms with E-state index < -0.39 is 0 Å². The Labute approximate surface area is 198 Å². The monoisotopic (exact) mass is 456 g/mol. The van der Waals surface area contributed by atoms with Crippen LogP contribution in [-0.4, -0.2) is 11.0 Å². The molecule has 5 heteroatoms. The van der Waals surface area contributed by atoms with Gasteiger partial charge in [-0.15, -0.1) is 0 Å². The summed E-state index contributed by atoms with van der Waals surface area (Å²) in [7, 11) is 0. The highest BCUT2D eigenvalue weighted by atomic mass is 35.5. The van der Waals surface area contributed by atoms with Gasteiger partial charge in [-0.2, -0.15) is 0 Å². The number of benzene rings is 3. The van der Waals surface area contributed by atoms with E-state index in [2.05, 4.69) is 16.4 Å². The molecule has 3 aromatic carbocycles. The molecule has 4 rings (SSSR count). The molecular weight excluding hydrogens is 432 g/mol. The molecule has 1 heterocycles. The van der Waals surface area contributed by atoms with Crippen molar-refractivity contribution in [2.75, 3.05) is 5.32 Å². The summed E-state index contributed by atoms with van der Waals surface area (Å²) in [6.45, 7) is 2.51. The number of rotatable bonds is 8. The molecule has 1 aromatic heterocycles. The third kappa shape index (κ3) is 6.21. The van der Waals surface area contributed by atoms with E-state index in [1.165, 1.54) is 0 Å². The largest absolute Gasteiger partial charge is 0.426 e. The molecule has 4 aromatic rings. The van der Waals surface area contributed by atoms with Crippen LogP contribution in [0.5, 0.6) is 5.75 Å². The average molecular weight is 457 g/mol. The molecule has 0 aliphatic rings. The molecule has 0 spiro atoms. The molecule has 0 aliphatic carbocycles. The first-order valence-corrected chi connectivity index (χ1v) is 11.4. The van der Waals surface area contributed by atoms with E-state index in [9.17, 15) is 4.79 Å². The van der Waals surface area contributed by atoms with Crippen molar-refractivity contribution in [1.29, 1.82) is 0 Å². The maximum Gasteiger partial charge on any atom is 0.311 e. The van der Waals surface area contributed by atoms with Gasteiger partial charge in [0.2, 0.25) is 0 Å². The van der Waals surface area contributed by atoms with Gasteiger partial charge in [0.05, 0.1) is 11.2 Å². The predicted octanol–water partition coefficient (Wildman–Crippen LogP) is 7.38. The van der Waals surface area contributed by atoms with Crippen molar-refractivity contribution >= 4 is 46.3 Å². The number of carbonyl (C=O) groups is 1. The molecule has 0 atom stereocenters. The number of pyridine rings is 1. The molecule has 33 heavy (non-hydrogen) atoms. The maximum absolute atomic E-state index is 11.9. The van der Waals surface area contributed by atoms with Crippen molar-refractivity contribution in [3.8, 4) is 5.75 Å². The van der Waals surface area contributed by atoms with E-state index in [0.717, 1.165) is 39.8 Å². The highest BCUT2D eigenvalue weighted by molar-refractivity contribution is 6.31. The summed E-state index contributed by atoms with van der Waals surface area (Å²) in [5.74, 6) is 0.392. The number of halogens is 1. The van der Waals surface area contributed by atoms with Crippen LogP contribution in [0.2, 0.25) is 5.02 Å². The number of ether oxygens (including phenoxy) is 1. The third-order valence-electron chi connectivity index (χ3n) is 5.14. The van der Waals surface area contributed by atoms with Gasteiger partial charge in [0.15, 0.2) is 0 Å². The molecule has 0 amide bonds. The molecule has 0 saturated heterocycles. The van der Waals surface area contributed by atoms with Crippen molar-refractivity contribution in [3.05, 3.63) is 101 Å². The first-order chi connectivity index (χ1) is 16.1. The van der Waals surface area contributed by atoms with E-state index in [1.54, 1.807) is 0 Å². The van der Waals surface area contributed by atoms with Crippen LogP contribution < -0.4 is 10.1 Å². The molecule has 0 fully saturated rings. The maximum atomic E-state index is 11.9. The second-order valence-electron chi connectivity index (χ2n) is 7.72. The van der Waals surface area contributed by atoms with Crippen molar-refractivity contribution < 1.29 is 9.53 Å². The van der Waals surface area contributed by atoms with Crippen LogP contribution in [0.15, 0.2) is 78.9 Å². The zero-order chi connectivity index (χ0) is 23.0. The fourth-order valence-electron chi connectivity index (χ4n) is 3.46. The van der Waals surface area contributed by atoms with Crippen LogP contribution in [0, 0.1) is 0 Å². The molecule has 0 radical (unpaired) electrons. The van der Waals surface area contributed by atoms with Crippen LogP contribution in [-0.2, 0) is 11.3 Å². The Balaban J connectivity index is 1.44. The minimum absolute atomic E-state index is 0.207. The van der Waals surface area contributed by atoms with Crippen molar-refractivity contribution in [2.45, 2.75) is 26.3 Å². The van der Waals surface area contributed by atoms with E-state index in [0.29, 0.717) is 23.7 Å². The minimum Gasteiger partial charge on any atom is -0.426 e. The molecule has 0 unspecified atom stereocenters. The van der Waals surface area contributed by atoms with Crippen molar-refractivity contribution in [3.63, 3.8) is 0 Å². The molecule has 0 saturated carbocycles. The quantitative estimate of drug-likeness (QED) is 0.222. The molecule has 166 valence electrons. The number of anilines is 1. The van der Waals surface area contributed by atoms with Gasteiger partial charge < -0.3 is 10.1 Å². The van der Waals surface area contributed by atoms with Gasteiger partial charge >= 0.3 is 5.97 Å². The number of nitrogens with one attached hydrogen (secondary N) is 1. The van der Waals surface area contributed by atoms with Gasteiger partial charge in [-0.05, 0) is 54.5 Å². The third-order valence-corrected chi connectivity index (χ3v) is 5.38. The number of carbonyl (C=O) groups excluding carboxylic acids is 1. The van der Waals surface area contributed by atoms with Gasteiger partial charge in [0, 0.05) is 34.6 Å². The number of esters is 1. The smallest absolute Gasteiger partial charge is 0.311 e. The lowest BCUT2D eigenvalue weighted by Gasteiger charge is -2.12. The SMILES string of the molecule is CCCC(=O)Oc1ccccc1CNc1cccc(C=Cc2ccc3ccc(Cl)cc3n2)c1. The average Bonchev–Trinajstić information content (AvgIpc) is 2.82. The van der Waals surface area contributed by atoms with Gasteiger partial charge in [-0.1, -0.05) is 67.1 Å². The molecule has 1 N–H and O–H groups in total. The molecule has 0 aliphatic heterocycles. The number of aromatic nitrogens is 1. The second kappa shape index (κ2) is 10.8. The summed E-state index contributed by atoms with van der Waals surface area (Å²) in [6.07, 6.45) is 5.20. The molecule has 4 nitrogen and oxygen atoms in total. The topological polar surface area (TPSA) is 51.2 Å². The summed E-state index contributed by atoms with van der Waals surface area (Å²) < 4.78 is 5.52. The normalized spacial score (nSPS) is 11.1. The van der Waals surface area contributed by atoms with E-state index in [-0.39, 0.29) is 5.97 Å². The first-order valence-electron chi connectivity index (χ1n) is 11.0. The fraction of sp³-hybridized carbons (Fsp3) is 0.143. The summed E-state index contributed by atoms with van der Waals surface area (Å²) in [6, 6.07) is 25.5. The van der Waals surface area contributed by atoms with E-state index in [1.807, 2.05) is 91.9 Å². The lowest BCUT2D eigenvalue weighted by Crippen LogP contribution is -2.10. The fourth-order valence-corrected chi connectivity index (χ4v) is 3.62. The molecule has 0 bridgehead atoms. The van der Waals surface area contributed by atoms with E-state index in [4.69, 9.17) is 16.3 Å². The number of hydrogen-bond donors (Lipinski definition) is 1. The lowest BCUT2D eigenvalue weighted by molar-refractivity contribution is -0.134. The zero-order valence-electron chi connectivity index (χ0n) is 18.4. The summed E-state index contributed by atoms with van der Waals surface area (Å²) in [5, 5.41) is 5.16. The van der Waals surface area contributed by atoms with Crippen LogP contribution >= 0.6 is 11.6 Å². The van der Waals surface area contributed by atoms with Crippen molar-refractivity contribution in [2.24, 2.45) is 0 Å². The predicted molar refractivity (Wildman–Crippen MR) is 136 cm³/mol. The molecular formula is C28H25ClN2O2. The number of nitrogens with zero attached hydrogens (tertiary/aromatic N) is 1. The van der Waals surface area contributed by atoms with Crippen LogP contribution in [0.25, 0.3) is 23.1 Å². The van der Waals surface area contributed by atoms with Gasteiger partial charge in [-0.25, -0.2) is 4.98 Å². The minimum atomic E-state index is -0.207. The van der Waals surface area contributed by atoms with Gasteiger partial charge in [0.25, 0.3) is 0 Å².